The molecule has 26 heavy (non-hydrogen) atoms. The van der Waals surface area contributed by atoms with Gasteiger partial charge in [-0.3, -0.25) is 10.1 Å². The van der Waals surface area contributed by atoms with Gasteiger partial charge in [-0.05, 0) is 61.0 Å². The van der Waals surface area contributed by atoms with Crippen molar-refractivity contribution < 1.29 is 9.53 Å². The summed E-state index contributed by atoms with van der Waals surface area (Å²) in [4.78, 5) is 12.3. The Morgan fingerprint density at radius 3 is 2.31 bits per heavy atom. The maximum atomic E-state index is 12.3. The van der Waals surface area contributed by atoms with Crippen LogP contribution in [0.4, 0.5) is 5.69 Å². The van der Waals surface area contributed by atoms with E-state index in [4.69, 9.17) is 40.2 Å². The predicted octanol–water partition coefficient (Wildman–Crippen LogP) is 5.55. The number of hydrogen-bond donors (Lipinski definition) is 2. The molecular formula is C19H20Cl2N2O2S. The van der Waals surface area contributed by atoms with E-state index in [-0.39, 0.29) is 11.0 Å². The molecule has 138 valence electrons. The van der Waals surface area contributed by atoms with Crippen molar-refractivity contribution >= 4 is 52.1 Å². The smallest absolute Gasteiger partial charge is 0.257 e. The Morgan fingerprint density at radius 2 is 1.73 bits per heavy atom. The zero-order valence-electron chi connectivity index (χ0n) is 14.5. The lowest BCUT2D eigenvalue weighted by atomic mass is 10.1. The number of carbonyl (C=O) groups excluding carboxylic acids is 1. The van der Waals surface area contributed by atoms with E-state index < -0.39 is 0 Å². The van der Waals surface area contributed by atoms with E-state index >= 15 is 0 Å². The minimum absolute atomic E-state index is 0.113. The second kappa shape index (κ2) is 9.76. The van der Waals surface area contributed by atoms with Gasteiger partial charge in [-0.25, -0.2) is 0 Å². The van der Waals surface area contributed by atoms with Gasteiger partial charge in [-0.2, -0.15) is 0 Å². The third kappa shape index (κ3) is 6.16. The topological polar surface area (TPSA) is 50.4 Å². The standard InChI is InChI=1S/C19H20Cl2N2O2S/c1-12(2)10-11-25-14-8-6-13(7-9-14)18(24)23-19(26)22-17-15(20)4-3-5-16(17)21/h3-9,12H,10-11H2,1-2H3,(H2,22,23,24,26). The first-order valence-corrected chi connectivity index (χ1v) is 9.32. The number of nitrogens with one attached hydrogen (secondary N) is 2. The average molecular weight is 411 g/mol. The average Bonchev–Trinajstić information content (AvgIpc) is 2.58. The van der Waals surface area contributed by atoms with Crippen LogP contribution in [0.3, 0.4) is 0 Å². The number of anilines is 1. The Morgan fingerprint density at radius 1 is 1.12 bits per heavy atom. The zero-order chi connectivity index (χ0) is 19.1. The van der Waals surface area contributed by atoms with E-state index in [9.17, 15) is 4.79 Å². The molecular weight excluding hydrogens is 391 g/mol. The number of carbonyl (C=O) groups is 1. The van der Waals surface area contributed by atoms with Gasteiger partial charge < -0.3 is 10.1 Å². The Labute approximate surface area is 168 Å². The number of hydrogen-bond acceptors (Lipinski definition) is 3. The van der Waals surface area contributed by atoms with E-state index in [2.05, 4.69) is 24.5 Å². The van der Waals surface area contributed by atoms with E-state index in [0.717, 1.165) is 12.2 Å². The number of rotatable bonds is 6. The first-order chi connectivity index (χ1) is 12.4. The molecule has 0 heterocycles. The van der Waals surface area contributed by atoms with Gasteiger partial charge in [0.2, 0.25) is 0 Å². The SMILES string of the molecule is CC(C)CCOc1ccc(C(=O)NC(=S)Nc2c(Cl)cccc2Cl)cc1. The van der Waals surface area contributed by atoms with Crippen LogP contribution in [-0.2, 0) is 0 Å². The molecule has 0 aliphatic carbocycles. The fourth-order valence-corrected chi connectivity index (χ4v) is 2.74. The highest BCUT2D eigenvalue weighted by Gasteiger charge is 2.11. The van der Waals surface area contributed by atoms with Crippen molar-refractivity contribution in [2.24, 2.45) is 5.92 Å². The van der Waals surface area contributed by atoms with Crippen LogP contribution >= 0.6 is 35.4 Å². The molecule has 0 aliphatic rings. The van der Waals surface area contributed by atoms with Gasteiger partial charge in [0, 0.05) is 5.56 Å². The summed E-state index contributed by atoms with van der Waals surface area (Å²) < 4.78 is 5.64. The van der Waals surface area contributed by atoms with Crippen molar-refractivity contribution in [3.05, 3.63) is 58.1 Å². The van der Waals surface area contributed by atoms with Crippen molar-refractivity contribution in [1.82, 2.24) is 5.32 Å². The molecule has 2 aromatic rings. The lowest BCUT2D eigenvalue weighted by molar-refractivity contribution is 0.0977. The van der Waals surface area contributed by atoms with Crippen LogP contribution in [0.25, 0.3) is 0 Å². The summed E-state index contributed by atoms with van der Waals surface area (Å²) in [5, 5.41) is 6.38. The van der Waals surface area contributed by atoms with Crippen molar-refractivity contribution in [2.45, 2.75) is 20.3 Å². The summed E-state index contributed by atoms with van der Waals surface area (Å²) >= 11 is 17.3. The van der Waals surface area contributed by atoms with Crippen molar-refractivity contribution in [2.75, 3.05) is 11.9 Å². The number of halogens is 2. The molecule has 0 aromatic heterocycles. The third-order valence-corrected chi connectivity index (χ3v) is 4.34. The lowest BCUT2D eigenvalue weighted by Gasteiger charge is -2.12. The number of amides is 1. The van der Waals surface area contributed by atoms with Crippen LogP contribution in [0.5, 0.6) is 5.75 Å². The van der Waals surface area contributed by atoms with Gasteiger partial charge in [0.25, 0.3) is 5.91 Å². The van der Waals surface area contributed by atoms with Crippen LogP contribution in [0.1, 0.15) is 30.6 Å². The molecule has 0 saturated heterocycles. The van der Waals surface area contributed by atoms with Crippen molar-refractivity contribution in [3.8, 4) is 5.75 Å². The summed E-state index contributed by atoms with van der Waals surface area (Å²) in [6.07, 6.45) is 0.979. The first kappa shape index (κ1) is 20.5. The molecule has 0 spiro atoms. The fourth-order valence-electron chi connectivity index (χ4n) is 2.05. The van der Waals surface area contributed by atoms with Crippen molar-refractivity contribution in [1.29, 1.82) is 0 Å². The minimum atomic E-state index is -0.334. The molecule has 0 fully saturated rings. The first-order valence-electron chi connectivity index (χ1n) is 8.16. The quantitative estimate of drug-likeness (QED) is 0.613. The summed E-state index contributed by atoms with van der Waals surface area (Å²) in [6, 6.07) is 12.0. The second-order valence-corrected chi connectivity index (χ2v) is 7.28. The van der Waals surface area contributed by atoms with Crippen LogP contribution in [0.2, 0.25) is 10.0 Å². The molecule has 1 amide bonds. The molecule has 0 saturated carbocycles. The molecule has 0 atom stereocenters. The summed E-state index contributed by atoms with van der Waals surface area (Å²) in [7, 11) is 0. The fraction of sp³-hybridized carbons (Fsp3) is 0.263. The van der Waals surface area contributed by atoms with Crippen molar-refractivity contribution in [3.63, 3.8) is 0 Å². The maximum absolute atomic E-state index is 12.3. The molecule has 7 heteroatoms. The van der Waals surface area contributed by atoms with Gasteiger partial charge in [-0.15, -0.1) is 0 Å². The normalized spacial score (nSPS) is 10.5. The number of thiocarbonyl (C=S) groups is 1. The Kier molecular flexibility index (Phi) is 7.69. The Balaban J connectivity index is 1.91. The number of ether oxygens (including phenoxy) is 1. The Bertz CT molecular complexity index is 759. The molecule has 2 N–H and O–H groups in total. The van der Waals surface area contributed by atoms with Gasteiger partial charge in [0.1, 0.15) is 5.75 Å². The molecule has 0 unspecified atom stereocenters. The van der Waals surface area contributed by atoms with Gasteiger partial charge in [-0.1, -0.05) is 43.1 Å². The second-order valence-electron chi connectivity index (χ2n) is 6.06. The monoisotopic (exact) mass is 410 g/mol. The molecule has 0 radical (unpaired) electrons. The van der Waals surface area contributed by atoms with Gasteiger partial charge in [0.15, 0.2) is 5.11 Å². The van der Waals surface area contributed by atoms with E-state index in [1.54, 1.807) is 42.5 Å². The maximum Gasteiger partial charge on any atom is 0.257 e. The number of benzene rings is 2. The van der Waals surface area contributed by atoms with E-state index in [0.29, 0.717) is 33.8 Å². The molecule has 4 nitrogen and oxygen atoms in total. The summed E-state index contributed by atoms with van der Waals surface area (Å²) in [5.41, 5.74) is 0.922. The van der Waals surface area contributed by atoms with Crippen LogP contribution in [0, 0.1) is 5.92 Å². The minimum Gasteiger partial charge on any atom is -0.494 e. The predicted molar refractivity (Wildman–Crippen MR) is 112 cm³/mol. The lowest BCUT2D eigenvalue weighted by Crippen LogP contribution is -2.34. The third-order valence-electron chi connectivity index (χ3n) is 3.51. The summed E-state index contributed by atoms with van der Waals surface area (Å²) in [6.45, 7) is 4.93. The summed E-state index contributed by atoms with van der Waals surface area (Å²) in [5.74, 6) is 0.977. The molecule has 0 aliphatic heterocycles. The largest absolute Gasteiger partial charge is 0.494 e. The molecule has 2 rings (SSSR count). The van der Waals surface area contributed by atoms with Gasteiger partial charge in [0.05, 0.1) is 22.3 Å². The highest BCUT2D eigenvalue weighted by atomic mass is 35.5. The van der Waals surface area contributed by atoms with Crippen LogP contribution in [0.15, 0.2) is 42.5 Å². The highest BCUT2D eigenvalue weighted by Crippen LogP contribution is 2.29. The van der Waals surface area contributed by atoms with E-state index in [1.807, 2.05) is 0 Å². The van der Waals surface area contributed by atoms with Crippen LogP contribution < -0.4 is 15.4 Å². The number of para-hydroxylation sites is 1. The highest BCUT2D eigenvalue weighted by molar-refractivity contribution is 7.80. The molecule has 0 bridgehead atoms. The molecule has 2 aromatic carbocycles. The zero-order valence-corrected chi connectivity index (χ0v) is 16.8. The van der Waals surface area contributed by atoms with Gasteiger partial charge >= 0.3 is 0 Å². The van der Waals surface area contributed by atoms with Crippen LogP contribution in [-0.4, -0.2) is 17.6 Å². The Hall–Kier alpha value is -1.82. The van der Waals surface area contributed by atoms with E-state index in [1.165, 1.54) is 0 Å².